The SMILES string of the molecule is C[C@H](Sc1nnc(-c2ccccc2F)n1C1CC1)c1ccccc1. The molecule has 1 aliphatic rings. The Balaban J connectivity index is 1.69. The standard InChI is InChI=1S/C19H18FN3S/c1-13(14-7-3-2-4-8-14)24-19-22-21-18(23(19)15-11-12-15)16-9-5-6-10-17(16)20/h2-10,13,15H,11-12H2,1H3/t13-/m0/s1. The Hall–Kier alpha value is -2.14. The predicted octanol–water partition coefficient (Wildman–Crippen LogP) is 5.27. The van der Waals surface area contributed by atoms with Crippen LogP contribution in [0.25, 0.3) is 11.4 Å². The summed E-state index contributed by atoms with van der Waals surface area (Å²) in [5, 5.41) is 9.81. The first kappa shape index (κ1) is 15.4. The molecule has 0 unspecified atom stereocenters. The van der Waals surface area contributed by atoms with Crippen LogP contribution in [0.15, 0.2) is 59.8 Å². The number of hydrogen-bond donors (Lipinski definition) is 0. The molecule has 0 amide bonds. The van der Waals surface area contributed by atoms with Gasteiger partial charge in [0.15, 0.2) is 11.0 Å². The van der Waals surface area contributed by atoms with Crippen LogP contribution in [0.3, 0.4) is 0 Å². The number of rotatable bonds is 5. The molecule has 0 spiro atoms. The number of hydrogen-bond acceptors (Lipinski definition) is 3. The third-order valence-corrected chi connectivity index (χ3v) is 5.36. The minimum atomic E-state index is -0.251. The van der Waals surface area contributed by atoms with Crippen molar-refractivity contribution >= 4 is 11.8 Å². The molecule has 3 nitrogen and oxygen atoms in total. The Labute approximate surface area is 144 Å². The molecule has 5 heteroatoms. The lowest BCUT2D eigenvalue weighted by Crippen LogP contribution is -2.01. The van der Waals surface area contributed by atoms with Crippen molar-refractivity contribution in [2.24, 2.45) is 0 Å². The summed E-state index contributed by atoms with van der Waals surface area (Å²) in [7, 11) is 0. The van der Waals surface area contributed by atoms with E-state index in [-0.39, 0.29) is 11.1 Å². The maximum absolute atomic E-state index is 14.2. The average Bonchev–Trinajstić information content (AvgIpc) is 3.37. The number of halogens is 1. The molecule has 24 heavy (non-hydrogen) atoms. The number of benzene rings is 2. The molecule has 1 saturated carbocycles. The third kappa shape index (κ3) is 2.96. The lowest BCUT2D eigenvalue weighted by atomic mass is 10.2. The first-order valence-electron chi connectivity index (χ1n) is 8.15. The molecular formula is C19H18FN3S. The van der Waals surface area contributed by atoms with Gasteiger partial charge < -0.3 is 0 Å². The number of thioether (sulfide) groups is 1. The molecule has 2 aromatic carbocycles. The highest BCUT2D eigenvalue weighted by Gasteiger charge is 2.31. The van der Waals surface area contributed by atoms with E-state index in [1.165, 1.54) is 11.6 Å². The molecule has 1 aliphatic carbocycles. The molecule has 3 aromatic rings. The summed E-state index contributed by atoms with van der Waals surface area (Å²) in [4.78, 5) is 0. The maximum atomic E-state index is 14.2. The van der Waals surface area contributed by atoms with Crippen molar-refractivity contribution in [3.63, 3.8) is 0 Å². The first-order chi connectivity index (χ1) is 11.7. The Kier molecular flexibility index (Phi) is 4.10. The van der Waals surface area contributed by atoms with Gasteiger partial charge in [0, 0.05) is 11.3 Å². The van der Waals surface area contributed by atoms with E-state index < -0.39 is 0 Å². The van der Waals surface area contributed by atoms with Crippen LogP contribution in [0.2, 0.25) is 0 Å². The van der Waals surface area contributed by atoms with E-state index in [0.717, 1.165) is 18.0 Å². The number of nitrogens with zero attached hydrogens (tertiary/aromatic N) is 3. The van der Waals surface area contributed by atoms with Crippen molar-refractivity contribution in [2.75, 3.05) is 0 Å². The molecule has 122 valence electrons. The van der Waals surface area contributed by atoms with Crippen molar-refractivity contribution in [3.8, 4) is 11.4 Å². The zero-order valence-corrected chi connectivity index (χ0v) is 14.2. The third-order valence-electron chi connectivity index (χ3n) is 4.24. The zero-order chi connectivity index (χ0) is 16.5. The Morgan fingerprint density at radius 3 is 2.46 bits per heavy atom. The fraction of sp³-hybridized carbons (Fsp3) is 0.263. The van der Waals surface area contributed by atoms with E-state index in [2.05, 4.69) is 33.8 Å². The first-order valence-corrected chi connectivity index (χ1v) is 9.03. The van der Waals surface area contributed by atoms with E-state index in [9.17, 15) is 4.39 Å². The highest BCUT2D eigenvalue weighted by Crippen LogP contribution is 2.44. The molecule has 1 heterocycles. The lowest BCUT2D eigenvalue weighted by Gasteiger charge is -2.13. The van der Waals surface area contributed by atoms with Crippen LogP contribution in [-0.4, -0.2) is 14.8 Å². The minimum absolute atomic E-state index is 0.251. The molecule has 0 radical (unpaired) electrons. The lowest BCUT2D eigenvalue weighted by molar-refractivity contribution is 0.622. The molecule has 0 N–H and O–H groups in total. The van der Waals surface area contributed by atoms with Gasteiger partial charge >= 0.3 is 0 Å². The van der Waals surface area contributed by atoms with Crippen LogP contribution < -0.4 is 0 Å². The summed E-state index contributed by atoms with van der Waals surface area (Å²) in [6.07, 6.45) is 2.21. The normalized spacial score (nSPS) is 15.4. The van der Waals surface area contributed by atoms with E-state index in [1.54, 1.807) is 23.9 Å². The van der Waals surface area contributed by atoms with E-state index >= 15 is 0 Å². The van der Waals surface area contributed by atoms with Gasteiger partial charge in [0.25, 0.3) is 0 Å². The number of aromatic nitrogens is 3. The van der Waals surface area contributed by atoms with Gasteiger partial charge in [-0.05, 0) is 37.5 Å². The summed E-state index contributed by atoms with van der Waals surface area (Å²) in [5.74, 6) is 0.387. The minimum Gasteiger partial charge on any atom is -0.299 e. The summed E-state index contributed by atoms with van der Waals surface area (Å²) in [5.41, 5.74) is 1.77. The van der Waals surface area contributed by atoms with E-state index in [0.29, 0.717) is 17.4 Å². The van der Waals surface area contributed by atoms with Gasteiger partial charge in [-0.2, -0.15) is 0 Å². The molecule has 1 fully saturated rings. The maximum Gasteiger partial charge on any atom is 0.192 e. The molecular weight excluding hydrogens is 321 g/mol. The zero-order valence-electron chi connectivity index (χ0n) is 13.4. The van der Waals surface area contributed by atoms with Crippen LogP contribution in [-0.2, 0) is 0 Å². The highest BCUT2D eigenvalue weighted by atomic mass is 32.2. The Bertz CT molecular complexity index is 843. The second-order valence-electron chi connectivity index (χ2n) is 6.06. The van der Waals surface area contributed by atoms with Crippen molar-refractivity contribution in [2.45, 2.75) is 36.2 Å². The quantitative estimate of drug-likeness (QED) is 0.593. The van der Waals surface area contributed by atoms with Crippen LogP contribution in [0, 0.1) is 5.82 Å². The molecule has 4 rings (SSSR count). The van der Waals surface area contributed by atoms with Crippen molar-refractivity contribution < 1.29 is 4.39 Å². The van der Waals surface area contributed by atoms with Gasteiger partial charge in [0.2, 0.25) is 0 Å². The fourth-order valence-electron chi connectivity index (χ4n) is 2.80. The van der Waals surface area contributed by atoms with Gasteiger partial charge in [0.1, 0.15) is 5.82 Å². The second-order valence-corrected chi connectivity index (χ2v) is 7.37. The smallest absolute Gasteiger partial charge is 0.192 e. The topological polar surface area (TPSA) is 30.7 Å². The summed E-state index contributed by atoms with van der Waals surface area (Å²) in [6.45, 7) is 2.16. The van der Waals surface area contributed by atoms with Gasteiger partial charge in [-0.15, -0.1) is 10.2 Å². The molecule has 1 aromatic heterocycles. The van der Waals surface area contributed by atoms with Crippen molar-refractivity contribution in [3.05, 3.63) is 66.0 Å². The van der Waals surface area contributed by atoms with Crippen LogP contribution in [0.1, 0.15) is 36.6 Å². The highest BCUT2D eigenvalue weighted by molar-refractivity contribution is 7.99. The fourth-order valence-corrected chi connectivity index (χ4v) is 3.84. The second kappa shape index (κ2) is 6.40. The van der Waals surface area contributed by atoms with Crippen LogP contribution in [0.5, 0.6) is 0 Å². The van der Waals surface area contributed by atoms with Gasteiger partial charge in [-0.25, -0.2) is 4.39 Å². The monoisotopic (exact) mass is 339 g/mol. The van der Waals surface area contributed by atoms with Crippen molar-refractivity contribution in [1.82, 2.24) is 14.8 Å². The van der Waals surface area contributed by atoms with Crippen molar-refractivity contribution in [1.29, 1.82) is 0 Å². The summed E-state index contributed by atoms with van der Waals surface area (Å²) in [6, 6.07) is 17.5. The molecule has 1 atom stereocenters. The molecule has 0 saturated heterocycles. The van der Waals surface area contributed by atoms with Gasteiger partial charge in [-0.1, -0.05) is 54.2 Å². The Morgan fingerprint density at radius 1 is 1.04 bits per heavy atom. The van der Waals surface area contributed by atoms with Crippen LogP contribution in [0.4, 0.5) is 4.39 Å². The van der Waals surface area contributed by atoms with Crippen LogP contribution >= 0.6 is 11.8 Å². The molecule has 0 aliphatic heterocycles. The molecule has 0 bridgehead atoms. The largest absolute Gasteiger partial charge is 0.299 e. The van der Waals surface area contributed by atoms with E-state index in [1.807, 2.05) is 24.3 Å². The van der Waals surface area contributed by atoms with Gasteiger partial charge in [-0.3, -0.25) is 4.57 Å². The van der Waals surface area contributed by atoms with Gasteiger partial charge in [0.05, 0.1) is 5.56 Å². The summed E-state index contributed by atoms with van der Waals surface area (Å²) >= 11 is 1.68. The predicted molar refractivity (Wildman–Crippen MR) is 94.4 cm³/mol. The average molecular weight is 339 g/mol. The Morgan fingerprint density at radius 2 is 1.75 bits per heavy atom. The summed E-state index contributed by atoms with van der Waals surface area (Å²) < 4.78 is 16.3. The van der Waals surface area contributed by atoms with E-state index in [4.69, 9.17) is 0 Å².